The van der Waals surface area contributed by atoms with Crippen molar-refractivity contribution in [2.45, 2.75) is 25.9 Å². The summed E-state index contributed by atoms with van der Waals surface area (Å²) < 4.78 is 12.9. The Morgan fingerprint density at radius 2 is 1.60 bits per heavy atom. The first kappa shape index (κ1) is 15.3. The molecule has 0 fully saturated rings. The van der Waals surface area contributed by atoms with Gasteiger partial charge in [-0.25, -0.2) is 4.39 Å². The lowest BCUT2D eigenvalue weighted by Crippen LogP contribution is -2.22. The van der Waals surface area contributed by atoms with E-state index in [0.717, 1.165) is 11.1 Å². The minimum Gasteiger partial charge on any atom is -0.304 e. The van der Waals surface area contributed by atoms with Gasteiger partial charge in [0.05, 0.1) is 10.0 Å². The number of rotatable bonds is 4. The molecule has 0 radical (unpaired) electrons. The Morgan fingerprint density at radius 1 is 0.950 bits per heavy atom. The van der Waals surface area contributed by atoms with Gasteiger partial charge in [0.1, 0.15) is 5.82 Å². The SMILES string of the molecule is CC(N[C@H](C)c1ccc(F)cc1)c1cccc(Cl)c1Cl. The fourth-order valence-corrected chi connectivity index (χ4v) is 2.64. The van der Waals surface area contributed by atoms with Gasteiger partial charge in [-0.05, 0) is 43.2 Å². The quantitative estimate of drug-likeness (QED) is 0.781. The van der Waals surface area contributed by atoms with Gasteiger partial charge in [0, 0.05) is 12.1 Å². The lowest BCUT2D eigenvalue weighted by molar-refractivity contribution is 0.494. The van der Waals surface area contributed by atoms with Crippen molar-refractivity contribution in [2.24, 2.45) is 0 Å². The summed E-state index contributed by atoms with van der Waals surface area (Å²) in [6, 6.07) is 12.2. The van der Waals surface area contributed by atoms with Crippen molar-refractivity contribution in [1.29, 1.82) is 0 Å². The van der Waals surface area contributed by atoms with Gasteiger partial charge in [-0.1, -0.05) is 47.5 Å². The minimum atomic E-state index is -0.230. The highest BCUT2D eigenvalue weighted by atomic mass is 35.5. The molecule has 1 N–H and O–H groups in total. The third-order valence-electron chi connectivity index (χ3n) is 3.32. The van der Waals surface area contributed by atoms with Crippen LogP contribution in [0.3, 0.4) is 0 Å². The zero-order valence-corrected chi connectivity index (χ0v) is 12.8. The van der Waals surface area contributed by atoms with Crippen LogP contribution in [0.15, 0.2) is 42.5 Å². The van der Waals surface area contributed by atoms with E-state index in [2.05, 4.69) is 5.32 Å². The molecule has 0 saturated heterocycles. The van der Waals surface area contributed by atoms with Crippen LogP contribution in [0.25, 0.3) is 0 Å². The van der Waals surface area contributed by atoms with Gasteiger partial charge in [0.2, 0.25) is 0 Å². The Balaban J connectivity index is 2.13. The molecule has 0 aromatic heterocycles. The molecule has 0 heterocycles. The first-order valence-corrected chi connectivity index (χ1v) is 7.20. The summed E-state index contributed by atoms with van der Waals surface area (Å²) in [6.45, 7) is 4.06. The molecule has 0 bridgehead atoms. The first-order valence-electron chi connectivity index (χ1n) is 6.44. The summed E-state index contributed by atoms with van der Waals surface area (Å²) in [5.74, 6) is -0.230. The Kier molecular flexibility index (Phi) is 5.03. The van der Waals surface area contributed by atoms with E-state index in [1.165, 1.54) is 12.1 Å². The second kappa shape index (κ2) is 6.57. The average molecular weight is 312 g/mol. The molecule has 106 valence electrons. The number of hydrogen-bond acceptors (Lipinski definition) is 1. The zero-order valence-electron chi connectivity index (χ0n) is 11.3. The summed E-state index contributed by atoms with van der Waals surface area (Å²) in [6.07, 6.45) is 0. The summed E-state index contributed by atoms with van der Waals surface area (Å²) in [7, 11) is 0. The Morgan fingerprint density at radius 3 is 2.25 bits per heavy atom. The Bertz CT molecular complexity index is 584. The zero-order chi connectivity index (χ0) is 14.7. The molecule has 0 aliphatic rings. The lowest BCUT2D eigenvalue weighted by atomic mass is 10.0. The molecular weight excluding hydrogens is 296 g/mol. The van der Waals surface area contributed by atoms with Crippen molar-refractivity contribution < 1.29 is 4.39 Å². The topological polar surface area (TPSA) is 12.0 Å². The molecule has 0 aliphatic carbocycles. The molecule has 0 aliphatic heterocycles. The van der Waals surface area contributed by atoms with Crippen LogP contribution in [-0.2, 0) is 0 Å². The highest BCUT2D eigenvalue weighted by Crippen LogP contribution is 2.31. The van der Waals surface area contributed by atoms with Gasteiger partial charge in [0.15, 0.2) is 0 Å². The molecular formula is C16H16Cl2FN. The molecule has 20 heavy (non-hydrogen) atoms. The maximum Gasteiger partial charge on any atom is 0.123 e. The summed E-state index contributed by atoms with van der Waals surface area (Å²) in [5, 5.41) is 4.55. The fraction of sp³-hybridized carbons (Fsp3) is 0.250. The fourth-order valence-electron chi connectivity index (χ4n) is 2.17. The monoisotopic (exact) mass is 311 g/mol. The second-order valence-corrected chi connectivity index (χ2v) is 5.59. The van der Waals surface area contributed by atoms with Gasteiger partial charge in [-0.15, -0.1) is 0 Å². The Labute approximate surface area is 128 Å². The van der Waals surface area contributed by atoms with E-state index in [4.69, 9.17) is 23.2 Å². The second-order valence-electron chi connectivity index (χ2n) is 4.80. The van der Waals surface area contributed by atoms with Crippen molar-refractivity contribution in [3.05, 3.63) is 69.5 Å². The van der Waals surface area contributed by atoms with Gasteiger partial charge in [-0.2, -0.15) is 0 Å². The third kappa shape index (κ3) is 3.51. The van der Waals surface area contributed by atoms with Crippen molar-refractivity contribution in [2.75, 3.05) is 0 Å². The van der Waals surface area contributed by atoms with Crippen molar-refractivity contribution in [1.82, 2.24) is 5.32 Å². The van der Waals surface area contributed by atoms with Crippen molar-refractivity contribution >= 4 is 23.2 Å². The standard InChI is InChI=1S/C16H16Cl2FN/c1-10(12-6-8-13(19)9-7-12)20-11(2)14-4-3-5-15(17)16(14)18/h3-11,20H,1-2H3/t10-,11?/m1/s1. The van der Waals surface area contributed by atoms with Crippen LogP contribution in [0.4, 0.5) is 4.39 Å². The molecule has 4 heteroatoms. The third-order valence-corrected chi connectivity index (χ3v) is 4.15. The van der Waals surface area contributed by atoms with E-state index in [1.807, 2.05) is 26.0 Å². The predicted octanol–water partition coefficient (Wildman–Crippen LogP) is 5.54. The molecule has 0 saturated carbocycles. The summed E-state index contributed by atoms with van der Waals surface area (Å²) >= 11 is 12.2. The number of hydrogen-bond donors (Lipinski definition) is 1. The van der Waals surface area contributed by atoms with Crippen molar-refractivity contribution in [3.63, 3.8) is 0 Å². The van der Waals surface area contributed by atoms with Gasteiger partial charge < -0.3 is 5.32 Å². The highest BCUT2D eigenvalue weighted by Gasteiger charge is 2.15. The smallest absolute Gasteiger partial charge is 0.123 e. The Hall–Kier alpha value is -1.09. The van der Waals surface area contributed by atoms with Crippen LogP contribution >= 0.6 is 23.2 Å². The lowest BCUT2D eigenvalue weighted by Gasteiger charge is -2.22. The molecule has 2 rings (SSSR count). The maximum absolute atomic E-state index is 12.9. The summed E-state index contributed by atoms with van der Waals surface area (Å²) in [4.78, 5) is 0. The molecule has 1 nitrogen and oxygen atoms in total. The molecule has 2 aromatic carbocycles. The predicted molar refractivity (Wildman–Crippen MR) is 82.8 cm³/mol. The first-order chi connectivity index (χ1) is 9.49. The van der Waals surface area contributed by atoms with Crippen molar-refractivity contribution in [3.8, 4) is 0 Å². The van der Waals surface area contributed by atoms with E-state index < -0.39 is 0 Å². The minimum absolute atomic E-state index is 0.0428. The van der Waals surface area contributed by atoms with Crippen LogP contribution in [0.2, 0.25) is 10.0 Å². The molecule has 0 spiro atoms. The molecule has 2 aromatic rings. The molecule has 0 amide bonds. The van der Waals surface area contributed by atoms with E-state index >= 15 is 0 Å². The maximum atomic E-state index is 12.9. The average Bonchev–Trinajstić information content (AvgIpc) is 2.42. The summed E-state index contributed by atoms with van der Waals surface area (Å²) in [5.41, 5.74) is 1.98. The normalized spacial score (nSPS) is 14.1. The van der Waals surface area contributed by atoms with Crippen LogP contribution < -0.4 is 5.32 Å². The van der Waals surface area contributed by atoms with E-state index in [9.17, 15) is 4.39 Å². The van der Waals surface area contributed by atoms with E-state index in [1.54, 1.807) is 18.2 Å². The number of nitrogens with one attached hydrogen (secondary N) is 1. The van der Waals surface area contributed by atoms with Crippen LogP contribution in [0.5, 0.6) is 0 Å². The van der Waals surface area contributed by atoms with E-state index in [-0.39, 0.29) is 17.9 Å². The number of benzene rings is 2. The van der Waals surface area contributed by atoms with Crippen LogP contribution in [0, 0.1) is 5.82 Å². The van der Waals surface area contributed by atoms with Crippen LogP contribution in [0.1, 0.15) is 37.1 Å². The molecule has 2 atom stereocenters. The largest absolute Gasteiger partial charge is 0.304 e. The van der Waals surface area contributed by atoms with Crippen LogP contribution in [-0.4, -0.2) is 0 Å². The highest BCUT2D eigenvalue weighted by molar-refractivity contribution is 6.42. The molecule has 1 unspecified atom stereocenters. The van der Waals surface area contributed by atoms with Gasteiger partial charge in [-0.3, -0.25) is 0 Å². The van der Waals surface area contributed by atoms with Gasteiger partial charge >= 0.3 is 0 Å². The number of halogens is 3. The van der Waals surface area contributed by atoms with Gasteiger partial charge in [0.25, 0.3) is 0 Å². The van der Waals surface area contributed by atoms with E-state index in [0.29, 0.717) is 10.0 Å².